The lowest BCUT2D eigenvalue weighted by molar-refractivity contribution is -0.144. The third-order valence-electron chi connectivity index (χ3n) is 4.07. The minimum Gasteiger partial charge on any atom is -0.464 e. The number of benzene rings is 2. The zero-order valence-electron chi connectivity index (χ0n) is 13.0. The van der Waals surface area contributed by atoms with Gasteiger partial charge in [-0.1, -0.05) is 35.3 Å². The smallest absolute Gasteiger partial charge is 0.328 e. The molecular weight excluding hydrogens is 352 g/mol. The van der Waals surface area contributed by atoms with Crippen LogP contribution < -0.4 is 5.32 Å². The quantitative estimate of drug-likeness (QED) is 0.774. The summed E-state index contributed by atoms with van der Waals surface area (Å²) in [5.74, 6) is -0.901. The molecule has 0 fully saturated rings. The summed E-state index contributed by atoms with van der Waals surface area (Å²) >= 11 is 12.5. The molecule has 0 spiro atoms. The fourth-order valence-electron chi connectivity index (χ4n) is 3.08. The Labute approximate surface area is 149 Å². The van der Waals surface area contributed by atoms with Gasteiger partial charge in [0.1, 0.15) is 11.9 Å². The fourth-order valence-corrected chi connectivity index (χ4v) is 3.71. The number of fused-ring (bicyclic) bond motifs is 1. The highest BCUT2D eigenvalue weighted by molar-refractivity contribution is 6.35. The monoisotopic (exact) mass is 367 g/mol. The molecule has 1 aliphatic heterocycles. The van der Waals surface area contributed by atoms with Crippen LogP contribution in [0, 0.1) is 5.82 Å². The van der Waals surface area contributed by atoms with Crippen LogP contribution in [-0.2, 0) is 9.53 Å². The summed E-state index contributed by atoms with van der Waals surface area (Å²) in [4.78, 5) is 12.2. The highest BCUT2D eigenvalue weighted by Gasteiger charge is 2.34. The Balaban J connectivity index is 2.08. The van der Waals surface area contributed by atoms with Crippen molar-refractivity contribution in [2.75, 3.05) is 11.9 Å². The Kier molecular flexibility index (Phi) is 4.97. The SMILES string of the molecule is CCOC(=O)C1CC(c2cccc(F)c2)c2c(Cl)cc(Cl)cc2N1. The largest absolute Gasteiger partial charge is 0.464 e. The molecule has 6 heteroatoms. The van der Waals surface area contributed by atoms with E-state index in [0.29, 0.717) is 28.8 Å². The van der Waals surface area contributed by atoms with Crippen LogP contribution in [0.3, 0.4) is 0 Å². The molecular formula is C18H16Cl2FNO2. The molecule has 0 bridgehead atoms. The average molecular weight is 368 g/mol. The van der Waals surface area contributed by atoms with E-state index >= 15 is 0 Å². The lowest BCUT2D eigenvalue weighted by atomic mass is 9.82. The second-order valence-corrected chi connectivity index (χ2v) is 6.48. The Morgan fingerprint density at radius 2 is 2.12 bits per heavy atom. The molecule has 0 aromatic heterocycles. The van der Waals surface area contributed by atoms with E-state index in [1.807, 2.05) is 6.07 Å². The highest BCUT2D eigenvalue weighted by Crippen LogP contribution is 2.44. The van der Waals surface area contributed by atoms with Crippen molar-refractivity contribution in [1.29, 1.82) is 0 Å². The van der Waals surface area contributed by atoms with E-state index in [1.165, 1.54) is 12.1 Å². The van der Waals surface area contributed by atoms with Crippen molar-refractivity contribution in [3.63, 3.8) is 0 Å². The van der Waals surface area contributed by atoms with Crippen LogP contribution in [0.25, 0.3) is 0 Å². The van der Waals surface area contributed by atoms with Crippen molar-refractivity contribution >= 4 is 34.9 Å². The average Bonchev–Trinajstić information content (AvgIpc) is 2.53. The second kappa shape index (κ2) is 6.99. The summed E-state index contributed by atoms with van der Waals surface area (Å²) in [6.45, 7) is 2.05. The van der Waals surface area contributed by atoms with E-state index in [9.17, 15) is 9.18 Å². The van der Waals surface area contributed by atoms with Gasteiger partial charge in [-0.15, -0.1) is 0 Å². The number of carbonyl (C=O) groups excluding carboxylic acids is 1. The molecule has 1 N–H and O–H groups in total. The van der Waals surface area contributed by atoms with Crippen LogP contribution in [0.1, 0.15) is 30.4 Å². The first-order chi connectivity index (χ1) is 11.5. The predicted molar refractivity (Wildman–Crippen MR) is 93.4 cm³/mol. The van der Waals surface area contributed by atoms with Gasteiger partial charge in [0.25, 0.3) is 0 Å². The maximum atomic E-state index is 13.7. The zero-order chi connectivity index (χ0) is 17.3. The van der Waals surface area contributed by atoms with E-state index in [1.54, 1.807) is 25.1 Å². The molecule has 0 saturated carbocycles. The van der Waals surface area contributed by atoms with Crippen LogP contribution in [0.4, 0.5) is 10.1 Å². The fraction of sp³-hybridized carbons (Fsp3) is 0.278. The van der Waals surface area contributed by atoms with Gasteiger partial charge in [0, 0.05) is 27.2 Å². The molecule has 1 aliphatic rings. The van der Waals surface area contributed by atoms with Gasteiger partial charge in [0.15, 0.2) is 0 Å². The van der Waals surface area contributed by atoms with E-state index in [4.69, 9.17) is 27.9 Å². The van der Waals surface area contributed by atoms with Crippen LogP contribution >= 0.6 is 23.2 Å². The van der Waals surface area contributed by atoms with Crippen LogP contribution in [-0.4, -0.2) is 18.6 Å². The number of anilines is 1. The van der Waals surface area contributed by atoms with Gasteiger partial charge in [-0.3, -0.25) is 0 Å². The first-order valence-corrected chi connectivity index (χ1v) is 8.42. The molecule has 0 amide bonds. The summed E-state index contributed by atoms with van der Waals surface area (Å²) in [5, 5.41) is 4.09. The number of nitrogens with one attached hydrogen (secondary N) is 1. The van der Waals surface area contributed by atoms with E-state index in [0.717, 1.165) is 11.1 Å². The standard InChI is InChI=1S/C18H16Cl2FNO2/c1-2-24-18(23)16-9-13(10-4-3-5-12(21)6-10)17-14(20)7-11(19)8-15(17)22-16/h3-8,13,16,22H,2,9H2,1H3. The van der Waals surface area contributed by atoms with E-state index in [2.05, 4.69) is 5.32 Å². The highest BCUT2D eigenvalue weighted by atomic mass is 35.5. The number of rotatable bonds is 3. The summed E-state index contributed by atoms with van der Waals surface area (Å²) < 4.78 is 18.8. The predicted octanol–water partition coefficient (Wildman–Crippen LogP) is 5.01. The third-order valence-corrected chi connectivity index (χ3v) is 4.60. The Morgan fingerprint density at radius 1 is 1.33 bits per heavy atom. The molecule has 1 heterocycles. The second-order valence-electron chi connectivity index (χ2n) is 5.64. The van der Waals surface area contributed by atoms with Gasteiger partial charge in [-0.25, -0.2) is 9.18 Å². The molecule has 3 rings (SSSR count). The first-order valence-electron chi connectivity index (χ1n) is 7.67. The Bertz CT molecular complexity index is 782. The molecule has 2 aromatic rings. The third kappa shape index (κ3) is 3.35. The van der Waals surface area contributed by atoms with Crippen molar-refractivity contribution in [3.05, 3.63) is 63.4 Å². The van der Waals surface area contributed by atoms with Gasteiger partial charge in [-0.2, -0.15) is 0 Å². The maximum Gasteiger partial charge on any atom is 0.328 e. The molecule has 2 atom stereocenters. The minimum absolute atomic E-state index is 0.226. The van der Waals surface area contributed by atoms with Gasteiger partial charge in [0.05, 0.1) is 6.61 Å². The lowest BCUT2D eigenvalue weighted by Crippen LogP contribution is -2.37. The zero-order valence-corrected chi connectivity index (χ0v) is 14.5. The summed E-state index contributed by atoms with van der Waals surface area (Å²) in [5.41, 5.74) is 2.24. The van der Waals surface area contributed by atoms with Crippen LogP contribution in [0.15, 0.2) is 36.4 Å². The minimum atomic E-state index is -0.541. The number of ether oxygens (including phenoxy) is 1. The summed E-state index contributed by atoms with van der Waals surface area (Å²) in [6, 6.07) is 9.16. The van der Waals surface area contributed by atoms with Crippen LogP contribution in [0.5, 0.6) is 0 Å². The number of carbonyl (C=O) groups is 1. The molecule has 0 saturated heterocycles. The van der Waals surface area contributed by atoms with Gasteiger partial charge in [-0.05, 0) is 43.2 Å². The Hall–Kier alpha value is -1.78. The summed E-state index contributed by atoms with van der Waals surface area (Å²) in [6.07, 6.45) is 0.427. The first kappa shape index (κ1) is 17.1. The summed E-state index contributed by atoms with van der Waals surface area (Å²) in [7, 11) is 0. The molecule has 2 unspecified atom stereocenters. The number of hydrogen-bond donors (Lipinski definition) is 1. The lowest BCUT2D eigenvalue weighted by Gasteiger charge is -2.33. The number of hydrogen-bond acceptors (Lipinski definition) is 3. The Morgan fingerprint density at radius 3 is 2.83 bits per heavy atom. The van der Waals surface area contributed by atoms with Gasteiger partial charge in [0.2, 0.25) is 0 Å². The molecule has 2 aromatic carbocycles. The van der Waals surface area contributed by atoms with Gasteiger partial charge < -0.3 is 10.1 Å². The molecule has 126 valence electrons. The molecule has 24 heavy (non-hydrogen) atoms. The molecule has 3 nitrogen and oxygen atoms in total. The van der Waals surface area contributed by atoms with Crippen molar-refractivity contribution < 1.29 is 13.9 Å². The number of halogens is 3. The normalized spacial score (nSPS) is 19.3. The van der Waals surface area contributed by atoms with Crippen molar-refractivity contribution in [2.24, 2.45) is 0 Å². The van der Waals surface area contributed by atoms with Crippen LogP contribution in [0.2, 0.25) is 10.0 Å². The maximum absolute atomic E-state index is 13.7. The topological polar surface area (TPSA) is 38.3 Å². The number of esters is 1. The van der Waals surface area contributed by atoms with E-state index < -0.39 is 6.04 Å². The van der Waals surface area contributed by atoms with E-state index in [-0.39, 0.29) is 17.7 Å². The van der Waals surface area contributed by atoms with Crippen molar-refractivity contribution in [3.8, 4) is 0 Å². The molecule has 0 aliphatic carbocycles. The van der Waals surface area contributed by atoms with Gasteiger partial charge >= 0.3 is 5.97 Å². The molecule has 0 radical (unpaired) electrons. The van der Waals surface area contributed by atoms with Crippen molar-refractivity contribution in [1.82, 2.24) is 0 Å². The van der Waals surface area contributed by atoms with Crippen molar-refractivity contribution in [2.45, 2.75) is 25.3 Å².